The Kier molecular flexibility index (Phi) is 13.0. The number of carbonyl (C=O) groups is 1. The van der Waals surface area contributed by atoms with Crippen LogP contribution in [0, 0.1) is 11.6 Å². The van der Waals surface area contributed by atoms with Gasteiger partial charge in [-0.2, -0.15) is 0 Å². The summed E-state index contributed by atoms with van der Waals surface area (Å²) in [6.45, 7) is 5.70. The zero-order chi connectivity index (χ0) is 29.2. The SMILES string of the molecule is CCCC(CCC)S(=O)(=O)C[C@H](N)C(=O)N(Cc1cccc(CC)c1)C[C@@H](O)[C@@H](N)Cc1cc(F)cc(F)c1. The van der Waals surface area contributed by atoms with Crippen LogP contribution in [0.1, 0.15) is 63.1 Å². The van der Waals surface area contributed by atoms with Crippen LogP contribution in [0.5, 0.6) is 0 Å². The van der Waals surface area contributed by atoms with E-state index in [9.17, 15) is 27.1 Å². The number of benzene rings is 2. The lowest BCUT2D eigenvalue weighted by atomic mass is 10.0. The van der Waals surface area contributed by atoms with E-state index < -0.39 is 56.6 Å². The third kappa shape index (κ3) is 10.3. The average molecular weight is 568 g/mol. The van der Waals surface area contributed by atoms with E-state index in [1.165, 1.54) is 4.90 Å². The first-order chi connectivity index (χ1) is 18.4. The number of hydrogen-bond acceptors (Lipinski definition) is 6. The van der Waals surface area contributed by atoms with Crippen molar-refractivity contribution in [1.82, 2.24) is 4.90 Å². The van der Waals surface area contributed by atoms with Gasteiger partial charge in [-0.15, -0.1) is 0 Å². The summed E-state index contributed by atoms with van der Waals surface area (Å²) < 4.78 is 53.4. The highest BCUT2D eigenvalue weighted by atomic mass is 32.2. The van der Waals surface area contributed by atoms with Gasteiger partial charge in [0, 0.05) is 25.2 Å². The molecule has 0 saturated carbocycles. The zero-order valence-electron chi connectivity index (χ0n) is 23.2. The number of nitrogens with zero attached hydrogens (tertiary/aromatic N) is 1. The number of carbonyl (C=O) groups excluding carboxylic acids is 1. The molecule has 0 unspecified atom stereocenters. The van der Waals surface area contributed by atoms with Crippen LogP contribution in [-0.2, 0) is 34.0 Å². The van der Waals surface area contributed by atoms with Crippen molar-refractivity contribution in [3.05, 3.63) is 70.8 Å². The summed E-state index contributed by atoms with van der Waals surface area (Å²) >= 11 is 0. The Labute approximate surface area is 231 Å². The molecule has 2 aromatic rings. The number of hydrogen-bond donors (Lipinski definition) is 3. The number of aliphatic hydroxyl groups excluding tert-OH is 1. The van der Waals surface area contributed by atoms with Gasteiger partial charge < -0.3 is 21.5 Å². The Bertz CT molecular complexity index is 1150. The van der Waals surface area contributed by atoms with Gasteiger partial charge in [-0.25, -0.2) is 17.2 Å². The van der Waals surface area contributed by atoms with Gasteiger partial charge in [0.2, 0.25) is 5.91 Å². The third-order valence-corrected chi connectivity index (χ3v) is 9.15. The Balaban J connectivity index is 2.25. The van der Waals surface area contributed by atoms with Crippen molar-refractivity contribution in [1.29, 1.82) is 0 Å². The van der Waals surface area contributed by atoms with Crippen molar-refractivity contribution >= 4 is 15.7 Å². The first-order valence-corrected chi connectivity index (χ1v) is 15.3. The standard InChI is InChI=1S/C29H43F2N3O4S/c1-4-8-25(9-5-2)39(37,38)19-27(33)29(36)34(17-21-11-7-10-20(6-3)12-21)18-28(35)26(32)15-22-13-23(30)16-24(31)14-22/h7,10-14,16,25-28,35H,4-6,8-9,15,17-19,32-33H2,1-3H3/t26-,27-,28+/m0/s1. The molecule has 2 rings (SSSR count). The number of aryl methyl sites for hydroxylation is 1. The molecule has 0 aromatic heterocycles. The monoisotopic (exact) mass is 567 g/mol. The molecule has 0 fully saturated rings. The molecule has 2 aromatic carbocycles. The Morgan fingerprint density at radius 3 is 2.10 bits per heavy atom. The predicted molar refractivity (Wildman–Crippen MR) is 151 cm³/mol. The second-order valence-corrected chi connectivity index (χ2v) is 12.6. The molecule has 0 bridgehead atoms. The maximum absolute atomic E-state index is 13.6. The van der Waals surface area contributed by atoms with Crippen molar-refractivity contribution in [3.8, 4) is 0 Å². The molecule has 0 heterocycles. The lowest BCUT2D eigenvalue weighted by molar-refractivity contribution is -0.134. The molecule has 10 heteroatoms. The highest BCUT2D eigenvalue weighted by Gasteiger charge is 2.32. The van der Waals surface area contributed by atoms with E-state index in [0.717, 1.165) is 35.7 Å². The predicted octanol–water partition coefficient (Wildman–Crippen LogP) is 3.50. The van der Waals surface area contributed by atoms with E-state index in [2.05, 4.69) is 0 Å². The highest BCUT2D eigenvalue weighted by molar-refractivity contribution is 7.92. The van der Waals surface area contributed by atoms with E-state index in [0.29, 0.717) is 25.7 Å². The summed E-state index contributed by atoms with van der Waals surface area (Å²) in [5.74, 6) is -2.62. The molecule has 0 aliphatic heterocycles. The first-order valence-electron chi connectivity index (χ1n) is 13.6. The fourth-order valence-corrected chi connectivity index (χ4v) is 6.84. The van der Waals surface area contributed by atoms with Crippen LogP contribution in [0.25, 0.3) is 0 Å². The van der Waals surface area contributed by atoms with Crippen LogP contribution >= 0.6 is 0 Å². The number of amides is 1. The van der Waals surface area contributed by atoms with Crippen LogP contribution in [0.2, 0.25) is 0 Å². The third-order valence-electron chi connectivity index (χ3n) is 6.84. The zero-order valence-corrected chi connectivity index (χ0v) is 24.0. The number of rotatable bonds is 16. The van der Waals surface area contributed by atoms with E-state index in [1.807, 2.05) is 45.0 Å². The van der Waals surface area contributed by atoms with Crippen molar-refractivity contribution in [2.24, 2.45) is 11.5 Å². The van der Waals surface area contributed by atoms with Gasteiger partial charge in [0.15, 0.2) is 9.84 Å². The molecule has 5 N–H and O–H groups in total. The normalized spacial score (nSPS) is 14.3. The van der Waals surface area contributed by atoms with Gasteiger partial charge in [0.25, 0.3) is 0 Å². The molecule has 0 saturated heterocycles. The van der Waals surface area contributed by atoms with Gasteiger partial charge in [-0.3, -0.25) is 4.79 Å². The van der Waals surface area contributed by atoms with Crippen LogP contribution in [0.3, 0.4) is 0 Å². The number of halogens is 2. The van der Waals surface area contributed by atoms with Gasteiger partial charge in [-0.1, -0.05) is 57.9 Å². The molecule has 0 aliphatic carbocycles. The van der Waals surface area contributed by atoms with Crippen LogP contribution < -0.4 is 11.5 Å². The minimum absolute atomic E-state index is 0.0284. The first kappa shape index (κ1) is 32.8. The molecule has 39 heavy (non-hydrogen) atoms. The van der Waals surface area contributed by atoms with Gasteiger partial charge >= 0.3 is 0 Å². The Hall–Kier alpha value is -2.40. The highest BCUT2D eigenvalue weighted by Crippen LogP contribution is 2.18. The Morgan fingerprint density at radius 2 is 1.54 bits per heavy atom. The van der Waals surface area contributed by atoms with Crippen LogP contribution in [0.4, 0.5) is 8.78 Å². The molecule has 3 atom stereocenters. The summed E-state index contributed by atoms with van der Waals surface area (Å²) in [6, 6.07) is 8.35. The molecule has 218 valence electrons. The maximum Gasteiger partial charge on any atom is 0.240 e. The quantitative estimate of drug-likeness (QED) is 0.285. The number of nitrogens with two attached hydrogens (primary N) is 2. The summed E-state index contributed by atoms with van der Waals surface area (Å²) in [5.41, 5.74) is 14.5. The molecular formula is C29H43F2N3O4S. The minimum atomic E-state index is -3.63. The Morgan fingerprint density at radius 1 is 0.949 bits per heavy atom. The van der Waals surface area contributed by atoms with Crippen molar-refractivity contribution in [3.63, 3.8) is 0 Å². The summed E-state index contributed by atoms with van der Waals surface area (Å²) in [4.78, 5) is 14.8. The molecule has 0 spiro atoms. The van der Waals surface area contributed by atoms with Gasteiger partial charge in [-0.05, 0) is 54.5 Å². The van der Waals surface area contributed by atoms with Crippen LogP contribution in [0.15, 0.2) is 42.5 Å². The van der Waals surface area contributed by atoms with E-state index >= 15 is 0 Å². The smallest absolute Gasteiger partial charge is 0.240 e. The molecular weight excluding hydrogens is 524 g/mol. The molecule has 0 radical (unpaired) electrons. The van der Waals surface area contributed by atoms with Crippen molar-refractivity contribution in [2.45, 2.75) is 89.3 Å². The lowest BCUT2D eigenvalue weighted by Gasteiger charge is -2.30. The van der Waals surface area contributed by atoms with E-state index in [4.69, 9.17) is 11.5 Å². The van der Waals surface area contributed by atoms with Gasteiger partial charge in [0.1, 0.15) is 11.6 Å². The van der Waals surface area contributed by atoms with Crippen molar-refractivity contribution in [2.75, 3.05) is 12.3 Å². The maximum atomic E-state index is 13.6. The topological polar surface area (TPSA) is 127 Å². The van der Waals surface area contributed by atoms with Crippen LogP contribution in [-0.4, -0.2) is 60.1 Å². The van der Waals surface area contributed by atoms with E-state index in [-0.39, 0.29) is 25.1 Å². The summed E-state index contributed by atoms with van der Waals surface area (Å²) in [7, 11) is -3.63. The number of aliphatic hydroxyl groups is 1. The van der Waals surface area contributed by atoms with Gasteiger partial charge in [0.05, 0.1) is 23.1 Å². The second-order valence-electron chi connectivity index (χ2n) is 10.2. The van der Waals surface area contributed by atoms with Crippen molar-refractivity contribution < 1.29 is 27.1 Å². The summed E-state index contributed by atoms with van der Waals surface area (Å²) in [5, 5.41) is 10.3. The van der Waals surface area contributed by atoms with E-state index in [1.54, 1.807) is 0 Å². The average Bonchev–Trinajstić information content (AvgIpc) is 2.86. The number of sulfone groups is 1. The fourth-order valence-electron chi connectivity index (χ4n) is 4.74. The second kappa shape index (κ2) is 15.4. The molecule has 0 aliphatic rings. The summed E-state index contributed by atoms with van der Waals surface area (Å²) in [6.07, 6.45) is 1.90. The molecule has 7 nitrogen and oxygen atoms in total. The minimum Gasteiger partial charge on any atom is -0.390 e. The lowest BCUT2D eigenvalue weighted by Crippen LogP contribution is -2.52. The largest absolute Gasteiger partial charge is 0.390 e. The molecule has 1 amide bonds. The fraction of sp³-hybridized carbons (Fsp3) is 0.552.